The second-order valence-electron chi connectivity index (χ2n) is 5.18. The molecule has 0 saturated heterocycles. The second kappa shape index (κ2) is 8.83. The van der Waals surface area contributed by atoms with E-state index in [0.29, 0.717) is 36.4 Å². The molecule has 1 aromatic rings. The quantitative estimate of drug-likeness (QED) is 0.706. The molecule has 24 heavy (non-hydrogen) atoms. The molecular formula is C17H22N2O5. The summed E-state index contributed by atoms with van der Waals surface area (Å²) in [6.07, 6.45) is 5.91. The number of nitrogens with one attached hydrogen (secondary N) is 1. The number of methoxy groups -OCH3 is 2. The number of hydrogen-bond acceptors (Lipinski definition) is 6. The first kappa shape index (κ1) is 17.7. The summed E-state index contributed by atoms with van der Waals surface area (Å²) in [6.45, 7) is 0.447. The van der Waals surface area contributed by atoms with Gasteiger partial charge in [0, 0.05) is 6.04 Å². The van der Waals surface area contributed by atoms with E-state index in [1.165, 1.54) is 26.7 Å². The molecule has 1 atom stereocenters. The van der Waals surface area contributed by atoms with Crippen LogP contribution in [-0.2, 0) is 9.78 Å². The highest BCUT2D eigenvalue weighted by Crippen LogP contribution is 2.28. The fourth-order valence-corrected chi connectivity index (χ4v) is 2.44. The van der Waals surface area contributed by atoms with Crippen LogP contribution in [0.2, 0.25) is 0 Å². The first-order valence-electron chi connectivity index (χ1n) is 7.59. The zero-order chi connectivity index (χ0) is 17.4. The van der Waals surface area contributed by atoms with E-state index in [4.69, 9.17) is 20.1 Å². The van der Waals surface area contributed by atoms with Crippen molar-refractivity contribution in [2.24, 2.45) is 5.73 Å². The van der Waals surface area contributed by atoms with Crippen molar-refractivity contribution in [3.05, 3.63) is 47.9 Å². The number of benzene rings is 1. The maximum atomic E-state index is 12.7. The van der Waals surface area contributed by atoms with Crippen LogP contribution in [0, 0.1) is 0 Å². The molecule has 1 aliphatic heterocycles. The number of rotatable bonds is 8. The molecule has 1 amide bonds. The number of allylic oxidation sites excluding steroid dienone is 1. The first-order chi connectivity index (χ1) is 11.7. The maximum absolute atomic E-state index is 12.7. The molecule has 0 saturated carbocycles. The van der Waals surface area contributed by atoms with Crippen LogP contribution in [-0.4, -0.2) is 32.7 Å². The van der Waals surface area contributed by atoms with Crippen LogP contribution in [0.3, 0.4) is 0 Å². The van der Waals surface area contributed by atoms with Gasteiger partial charge in [-0.25, -0.2) is 0 Å². The van der Waals surface area contributed by atoms with Crippen molar-refractivity contribution in [2.45, 2.75) is 18.9 Å². The van der Waals surface area contributed by atoms with E-state index >= 15 is 0 Å². The Labute approximate surface area is 140 Å². The number of carbonyl (C=O) groups is 1. The van der Waals surface area contributed by atoms with Gasteiger partial charge in [-0.3, -0.25) is 14.6 Å². The summed E-state index contributed by atoms with van der Waals surface area (Å²) in [5.74, 6) is 0.624. The maximum Gasteiger partial charge on any atom is 0.259 e. The van der Waals surface area contributed by atoms with Crippen molar-refractivity contribution >= 4 is 5.91 Å². The van der Waals surface area contributed by atoms with Gasteiger partial charge >= 0.3 is 0 Å². The number of ether oxygens (including phenoxy) is 2. The summed E-state index contributed by atoms with van der Waals surface area (Å²) < 4.78 is 10.6. The van der Waals surface area contributed by atoms with Crippen molar-refractivity contribution in [2.75, 3.05) is 20.8 Å². The summed E-state index contributed by atoms with van der Waals surface area (Å²) in [6, 6.07) is 5.04. The predicted molar refractivity (Wildman–Crippen MR) is 88.5 cm³/mol. The molecule has 0 aromatic heterocycles. The van der Waals surface area contributed by atoms with Crippen LogP contribution in [0.25, 0.3) is 0 Å². The van der Waals surface area contributed by atoms with E-state index in [9.17, 15) is 4.79 Å². The molecule has 0 unspecified atom stereocenters. The van der Waals surface area contributed by atoms with Gasteiger partial charge in [-0.15, -0.1) is 0 Å². The molecule has 0 bridgehead atoms. The van der Waals surface area contributed by atoms with Gasteiger partial charge in [0.1, 0.15) is 29.6 Å². The van der Waals surface area contributed by atoms with Gasteiger partial charge in [0.05, 0.1) is 14.2 Å². The fraction of sp³-hybridized carbons (Fsp3) is 0.353. The highest BCUT2D eigenvalue weighted by molar-refractivity contribution is 5.99. The molecule has 130 valence electrons. The molecule has 1 heterocycles. The van der Waals surface area contributed by atoms with Gasteiger partial charge in [0.15, 0.2) is 0 Å². The van der Waals surface area contributed by atoms with Crippen LogP contribution in [0.15, 0.2) is 42.4 Å². The lowest BCUT2D eigenvalue weighted by molar-refractivity contribution is -0.199. The molecule has 0 spiro atoms. The van der Waals surface area contributed by atoms with E-state index in [1.54, 1.807) is 24.3 Å². The fourth-order valence-electron chi connectivity index (χ4n) is 2.44. The molecule has 2 rings (SSSR count). The Kier molecular flexibility index (Phi) is 6.51. The summed E-state index contributed by atoms with van der Waals surface area (Å²) in [7, 11) is 3.02. The highest BCUT2D eigenvalue weighted by Gasteiger charge is 2.21. The van der Waals surface area contributed by atoms with Crippen molar-refractivity contribution < 1.29 is 24.0 Å². The third-order valence-corrected chi connectivity index (χ3v) is 3.58. The standard InChI is InChI=1S/C17H22N2O5/c1-21-14-4-3-5-15(22-2)16(14)17(20)19-13(6-8-18)10-12-7-9-23-24-11-12/h3-5,7,9,11,13H,6,8,10,18H2,1-2H3,(H,19,20)/t13-/m1/s1. The van der Waals surface area contributed by atoms with E-state index < -0.39 is 0 Å². The van der Waals surface area contributed by atoms with Gasteiger partial charge < -0.3 is 20.5 Å². The van der Waals surface area contributed by atoms with Gasteiger partial charge in [-0.1, -0.05) is 6.07 Å². The lowest BCUT2D eigenvalue weighted by Crippen LogP contribution is -2.37. The van der Waals surface area contributed by atoms with Crippen molar-refractivity contribution in [1.82, 2.24) is 5.32 Å². The van der Waals surface area contributed by atoms with Crippen LogP contribution in [0.4, 0.5) is 0 Å². The SMILES string of the molecule is COc1cccc(OC)c1C(=O)N[C@H](CCN)CC1=COOC=C1. The van der Waals surface area contributed by atoms with Crippen LogP contribution in [0.1, 0.15) is 23.2 Å². The lowest BCUT2D eigenvalue weighted by Gasteiger charge is -2.21. The third-order valence-electron chi connectivity index (χ3n) is 3.58. The average Bonchev–Trinajstić information content (AvgIpc) is 2.61. The zero-order valence-corrected chi connectivity index (χ0v) is 13.8. The molecule has 0 radical (unpaired) electrons. The number of carbonyl (C=O) groups excluding carboxylic acids is 1. The lowest BCUT2D eigenvalue weighted by atomic mass is 10.0. The van der Waals surface area contributed by atoms with Gasteiger partial charge in [0.25, 0.3) is 5.91 Å². The summed E-state index contributed by atoms with van der Waals surface area (Å²) >= 11 is 0. The number of nitrogens with two attached hydrogens (primary N) is 1. The molecule has 1 aliphatic rings. The molecule has 0 fully saturated rings. The Morgan fingerprint density at radius 3 is 2.50 bits per heavy atom. The van der Waals surface area contributed by atoms with Gasteiger partial charge in [-0.05, 0) is 43.2 Å². The largest absolute Gasteiger partial charge is 0.496 e. The van der Waals surface area contributed by atoms with Crippen LogP contribution >= 0.6 is 0 Å². The molecule has 7 nitrogen and oxygen atoms in total. The summed E-state index contributed by atoms with van der Waals surface area (Å²) in [5, 5.41) is 2.98. The molecule has 3 N–H and O–H groups in total. The van der Waals surface area contributed by atoms with Gasteiger partial charge in [-0.2, -0.15) is 0 Å². The first-order valence-corrected chi connectivity index (χ1v) is 7.59. The van der Waals surface area contributed by atoms with Crippen molar-refractivity contribution in [3.8, 4) is 11.5 Å². The molecule has 1 aromatic carbocycles. The summed E-state index contributed by atoms with van der Waals surface area (Å²) in [5.41, 5.74) is 6.92. The number of amides is 1. The van der Waals surface area contributed by atoms with Crippen LogP contribution < -0.4 is 20.5 Å². The summed E-state index contributed by atoms with van der Waals surface area (Å²) in [4.78, 5) is 22.2. The predicted octanol–water partition coefficient (Wildman–Crippen LogP) is 1.90. The van der Waals surface area contributed by atoms with E-state index in [-0.39, 0.29) is 11.9 Å². The monoisotopic (exact) mass is 334 g/mol. The normalized spacial score (nSPS) is 14.0. The van der Waals surface area contributed by atoms with E-state index in [2.05, 4.69) is 10.2 Å². The molecule has 7 heteroatoms. The Hall–Kier alpha value is -2.67. The third kappa shape index (κ3) is 4.42. The zero-order valence-electron chi connectivity index (χ0n) is 13.8. The van der Waals surface area contributed by atoms with E-state index in [1.807, 2.05) is 0 Å². The topological polar surface area (TPSA) is 92.0 Å². The average molecular weight is 334 g/mol. The molecular weight excluding hydrogens is 312 g/mol. The highest BCUT2D eigenvalue weighted by atomic mass is 17.2. The van der Waals surface area contributed by atoms with E-state index in [0.717, 1.165) is 5.57 Å². The van der Waals surface area contributed by atoms with Crippen LogP contribution in [0.5, 0.6) is 11.5 Å². The van der Waals surface area contributed by atoms with Gasteiger partial charge in [0.2, 0.25) is 0 Å². The Morgan fingerprint density at radius 2 is 1.96 bits per heavy atom. The molecule has 0 aliphatic carbocycles. The smallest absolute Gasteiger partial charge is 0.259 e. The van der Waals surface area contributed by atoms with Crippen molar-refractivity contribution in [1.29, 1.82) is 0 Å². The van der Waals surface area contributed by atoms with Crippen molar-refractivity contribution in [3.63, 3.8) is 0 Å². The Bertz CT molecular complexity index is 605. The Morgan fingerprint density at radius 1 is 1.25 bits per heavy atom. The Balaban J connectivity index is 2.15. The minimum atomic E-state index is -0.277. The minimum absolute atomic E-state index is 0.158. The second-order valence-corrected chi connectivity index (χ2v) is 5.18. The number of hydrogen-bond donors (Lipinski definition) is 2. The minimum Gasteiger partial charge on any atom is -0.496 e.